The van der Waals surface area contributed by atoms with Gasteiger partial charge in [-0.25, -0.2) is 4.98 Å². The number of hydrogen-bond donors (Lipinski definition) is 2. The van der Waals surface area contributed by atoms with Gasteiger partial charge in [0, 0.05) is 12.1 Å². The summed E-state index contributed by atoms with van der Waals surface area (Å²) in [5, 5.41) is 11.2. The number of nitrogens with one attached hydrogen (secondary N) is 1. The lowest BCUT2D eigenvalue weighted by Gasteiger charge is -2.35. The molecule has 2 radical (unpaired) electrons. The summed E-state index contributed by atoms with van der Waals surface area (Å²) in [5.41, 5.74) is 4.16. The van der Waals surface area contributed by atoms with Crippen molar-refractivity contribution in [2.45, 2.75) is 25.2 Å². The monoisotopic (exact) mass is 321 g/mol. The zero-order valence-corrected chi connectivity index (χ0v) is 12.8. The highest BCUT2D eigenvalue weighted by Gasteiger charge is 2.41. The Hall–Kier alpha value is -3.15. The average Bonchev–Trinajstić information content (AvgIpc) is 2.50. The Morgan fingerprint density at radius 2 is 2.12 bits per heavy atom. The first-order valence-corrected chi connectivity index (χ1v) is 7.14. The number of fused-ring (bicyclic) bond motifs is 1. The van der Waals surface area contributed by atoms with Crippen LogP contribution < -0.4 is 16.6 Å². The summed E-state index contributed by atoms with van der Waals surface area (Å²) in [6.07, 6.45) is -0.0171. The molecule has 9 heteroatoms. The fraction of sp³-hybridized carbons (Fsp3) is 0.267. The summed E-state index contributed by atoms with van der Waals surface area (Å²) >= 11 is 0. The van der Waals surface area contributed by atoms with Crippen LogP contribution in [0, 0.1) is 18.3 Å². The van der Waals surface area contributed by atoms with Crippen molar-refractivity contribution >= 4 is 36.3 Å². The van der Waals surface area contributed by atoms with Crippen molar-refractivity contribution in [2.24, 2.45) is 0 Å². The zero-order valence-electron chi connectivity index (χ0n) is 12.8. The molecule has 24 heavy (non-hydrogen) atoms. The van der Waals surface area contributed by atoms with E-state index in [-0.39, 0.29) is 40.8 Å². The van der Waals surface area contributed by atoms with E-state index in [2.05, 4.69) is 10.3 Å². The summed E-state index contributed by atoms with van der Waals surface area (Å²) in [5.74, 6) is -1.02. The van der Waals surface area contributed by atoms with E-state index in [0.717, 1.165) is 4.57 Å². The van der Waals surface area contributed by atoms with Crippen molar-refractivity contribution < 1.29 is 9.59 Å². The van der Waals surface area contributed by atoms with Crippen LogP contribution in [0.25, 0.3) is 10.9 Å². The number of carbonyl (C=O) groups excluding carboxylic acids is 2. The molecule has 1 atom stereocenters. The summed E-state index contributed by atoms with van der Waals surface area (Å²) in [7, 11) is 6.15. The quantitative estimate of drug-likeness (QED) is 0.410. The number of anilines is 1. The van der Waals surface area contributed by atoms with Crippen molar-refractivity contribution in [2.75, 3.05) is 5.73 Å². The highest BCUT2D eigenvalue weighted by molar-refractivity contribution is 6.28. The number of aromatic nitrogens is 2. The Morgan fingerprint density at radius 1 is 1.42 bits per heavy atom. The third kappa shape index (κ3) is 2.15. The van der Waals surface area contributed by atoms with E-state index < -0.39 is 22.8 Å². The van der Waals surface area contributed by atoms with Gasteiger partial charge in [0.1, 0.15) is 13.7 Å². The second-order valence-electron chi connectivity index (χ2n) is 5.67. The largest absolute Gasteiger partial charge is 0.398 e. The second-order valence-corrected chi connectivity index (χ2v) is 5.67. The van der Waals surface area contributed by atoms with Gasteiger partial charge in [0.2, 0.25) is 11.8 Å². The van der Waals surface area contributed by atoms with E-state index in [1.807, 2.05) is 6.07 Å². The van der Waals surface area contributed by atoms with E-state index >= 15 is 0 Å². The summed E-state index contributed by atoms with van der Waals surface area (Å²) in [6.45, 7) is 1.52. The maximum absolute atomic E-state index is 12.9. The minimum atomic E-state index is -1.73. The number of hydrogen-bond acceptors (Lipinski definition) is 6. The van der Waals surface area contributed by atoms with E-state index in [4.69, 9.17) is 18.8 Å². The average molecular weight is 321 g/mol. The molecule has 1 saturated heterocycles. The summed E-state index contributed by atoms with van der Waals surface area (Å²) in [4.78, 5) is 40.8. The van der Waals surface area contributed by atoms with Crippen molar-refractivity contribution in [3.63, 3.8) is 0 Å². The molecule has 3 rings (SSSR count). The van der Waals surface area contributed by atoms with Gasteiger partial charge in [0.05, 0.1) is 28.0 Å². The standard InChI is InChI=1S/C15H12BN5O3/c1-7-19-10-5-8(6-17)4-9(18)12(10)13(23)21(7)15(16)3-2-11(22)20-14(15)24/h4-5H,2-3,18H2,1H3,(H,20,22,24)/t15-/m1/s1. The first-order valence-electron chi connectivity index (χ1n) is 7.14. The lowest BCUT2D eigenvalue weighted by Crippen LogP contribution is -2.58. The van der Waals surface area contributed by atoms with Crippen molar-refractivity contribution in [3.8, 4) is 6.07 Å². The van der Waals surface area contributed by atoms with Gasteiger partial charge in [-0.3, -0.25) is 24.3 Å². The first kappa shape index (κ1) is 15.7. The molecule has 8 nitrogen and oxygen atoms in total. The molecule has 118 valence electrons. The number of benzene rings is 1. The van der Waals surface area contributed by atoms with Crippen LogP contribution in [0.5, 0.6) is 0 Å². The molecule has 3 N–H and O–H groups in total. The van der Waals surface area contributed by atoms with E-state index in [9.17, 15) is 14.4 Å². The highest BCUT2D eigenvalue weighted by atomic mass is 16.2. The lowest BCUT2D eigenvalue weighted by molar-refractivity contribution is -0.137. The molecule has 0 spiro atoms. The number of amides is 2. The second kappa shape index (κ2) is 5.20. The van der Waals surface area contributed by atoms with E-state index in [1.165, 1.54) is 19.1 Å². The maximum Gasteiger partial charge on any atom is 0.263 e. The lowest BCUT2D eigenvalue weighted by atomic mass is 9.71. The van der Waals surface area contributed by atoms with Crippen molar-refractivity contribution in [1.29, 1.82) is 5.26 Å². The van der Waals surface area contributed by atoms with Gasteiger partial charge >= 0.3 is 0 Å². The predicted molar refractivity (Wildman–Crippen MR) is 86.0 cm³/mol. The van der Waals surface area contributed by atoms with Gasteiger partial charge in [-0.1, -0.05) is 0 Å². The predicted octanol–water partition coefficient (Wildman–Crippen LogP) is -0.583. The Morgan fingerprint density at radius 3 is 2.75 bits per heavy atom. The minimum Gasteiger partial charge on any atom is -0.398 e. The van der Waals surface area contributed by atoms with Crippen LogP contribution in [0.1, 0.15) is 24.2 Å². The van der Waals surface area contributed by atoms with Crippen LogP contribution in [0.3, 0.4) is 0 Å². The molecule has 0 saturated carbocycles. The zero-order chi connectivity index (χ0) is 17.6. The number of carbonyl (C=O) groups is 2. The fourth-order valence-electron chi connectivity index (χ4n) is 2.92. The van der Waals surface area contributed by atoms with Crippen LogP contribution >= 0.6 is 0 Å². The van der Waals surface area contributed by atoms with Crippen LogP contribution in [-0.2, 0) is 15.0 Å². The molecule has 1 fully saturated rings. The number of nitrogen functional groups attached to an aromatic ring is 1. The minimum absolute atomic E-state index is 0.00894. The molecule has 0 aliphatic carbocycles. The van der Waals surface area contributed by atoms with Crippen LogP contribution in [0.2, 0.25) is 0 Å². The number of aryl methyl sites for hydroxylation is 1. The number of piperidine rings is 1. The third-order valence-electron chi connectivity index (χ3n) is 4.08. The third-order valence-corrected chi connectivity index (χ3v) is 4.08. The fourth-order valence-corrected chi connectivity index (χ4v) is 2.92. The van der Waals surface area contributed by atoms with Gasteiger partial charge in [0.25, 0.3) is 5.56 Å². The molecule has 2 aromatic rings. The molecule has 1 aliphatic rings. The Kier molecular flexibility index (Phi) is 3.41. The molecule has 1 aromatic carbocycles. The van der Waals surface area contributed by atoms with Gasteiger partial charge in [-0.2, -0.15) is 5.26 Å². The number of nitriles is 1. The van der Waals surface area contributed by atoms with Gasteiger partial charge in [-0.15, -0.1) is 0 Å². The highest BCUT2D eigenvalue weighted by Crippen LogP contribution is 2.25. The van der Waals surface area contributed by atoms with Crippen LogP contribution in [0.15, 0.2) is 16.9 Å². The van der Waals surface area contributed by atoms with Crippen molar-refractivity contribution in [3.05, 3.63) is 33.9 Å². The van der Waals surface area contributed by atoms with Crippen LogP contribution in [0.4, 0.5) is 5.69 Å². The Labute approximate surface area is 137 Å². The first-order chi connectivity index (χ1) is 11.3. The molecular formula is C15H12BN5O3. The molecule has 2 heterocycles. The van der Waals surface area contributed by atoms with E-state index in [1.54, 1.807) is 0 Å². The topological polar surface area (TPSA) is 131 Å². The summed E-state index contributed by atoms with van der Waals surface area (Å²) < 4.78 is 1.06. The van der Waals surface area contributed by atoms with Gasteiger partial charge in [0.15, 0.2) is 0 Å². The number of nitrogens with zero attached hydrogens (tertiary/aromatic N) is 3. The molecule has 1 aliphatic heterocycles. The normalized spacial score (nSPS) is 20.7. The number of nitrogens with two attached hydrogens (primary N) is 1. The Bertz CT molecular complexity index is 1010. The summed E-state index contributed by atoms with van der Waals surface area (Å²) in [6, 6.07) is 4.74. The maximum atomic E-state index is 12.9. The molecule has 2 amide bonds. The Balaban J connectivity index is 2.33. The SMILES string of the molecule is [B][C@@]1(n2c(C)nc3cc(C#N)cc(N)c3c2=O)CCC(=O)NC1=O. The van der Waals surface area contributed by atoms with Gasteiger partial charge < -0.3 is 5.73 Å². The smallest absolute Gasteiger partial charge is 0.263 e. The number of rotatable bonds is 1. The van der Waals surface area contributed by atoms with Crippen LogP contribution in [-0.4, -0.2) is 29.2 Å². The van der Waals surface area contributed by atoms with E-state index in [0.29, 0.717) is 0 Å². The number of imide groups is 1. The molecular weight excluding hydrogens is 309 g/mol. The van der Waals surface area contributed by atoms with Crippen molar-refractivity contribution in [1.82, 2.24) is 14.9 Å². The molecule has 1 aromatic heterocycles. The molecule has 0 unspecified atom stereocenters. The molecule has 0 bridgehead atoms. The van der Waals surface area contributed by atoms with Gasteiger partial charge in [-0.05, 0) is 25.5 Å².